The fraction of sp³-hybridized carbons (Fsp3) is 0.500. The molecule has 3 heterocycles. The third kappa shape index (κ3) is 3.85. The van der Waals surface area contributed by atoms with Crippen molar-refractivity contribution in [1.82, 2.24) is 20.1 Å². The maximum atomic E-state index is 6.25. The van der Waals surface area contributed by atoms with E-state index in [2.05, 4.69) is 20.1 Å². The van der Waals surface area contributed by atoms with Gasteiger partial charge >= 0.3 is 0 Å². The molecule has 1 aliphatic heterocycles. The zero-order valence-corrected chi connectivity index (χ0v) is 13.5. The fourth-order valence-electron chi connectivity index (χ4n) is 2.76. The molecule has 5 nitrogen and oxygen atoms in total. The third-order valence-corrected chi connectivity index (χ3v) is 4.47. The van der Waals surface area contributed by atoms with Crippen LogP contribution in [0.1, 0.15) is 29.9 Å². The van der Waals surface area contributed by atoms with Gasteiger partial charge in [0.25, 0.3) is 0 Å². The summed E-state index contributed by atoms with van der Waals surface area (Å²) in [5.74, 6) is 0. The summed E-state index contributed by atoms with van der Waals surface area (Å²) in [6, 6.07) is 5.90. The molecular formula is C16H21ClN4O. The fourth-order valence-corrected chi connectivity index (χ4v) is 2.91. The van der Waals surface area contributed by atoms with Crippen molar-refractivity contribution >= 4 is 11.6 Å². The molecule has 0 aliphatic carbocycles. The summed E-state index contributed by atoms with van der Waals surface area (Å²) in [6.07, 6.45) is 4.27. The molecular weight excluding hydrogens is 300 g/mol. The predicted octanol–water partition coefficient (Wildman–Crippen LogP) is 2.95. The van der Waals surface area contributed by atoms with Crippen LogP contribution < -0.4 is 0 Å². The quantitative estimate of drug-likeness (QED) is 0.920. The molecule has 0 radical (unpaired) electrons. The highest BCUT2D eigenvalue weighted by Gasteiger charge is 2.22. The van der Waals surface area contributed by atoms with Gasteiger partial charge in [0.1, 0.15) is 0 Å². The Kier molecular flexibility index (Phi) is 5.08. The average Bonchev–Trinajstić information content (AvgIpc) is 2.86. The van der Waals surface area contributed by atoms with Gasteiger partial charge in [0, 0.05) is 19.3 Å². The average molecular weight is 321 g/mol. The third-order valence-electron chi connectivity index (χ3n) is 3.97. The minimum absolute atomic E-state index is 0.245. The van der Waals surface area contributed by atoms with Crippen molar-refractivity contribution in [1.29, 1.82) is 0 Å². The molecule has 1 aliphatic rings. The molecule has 1 atom stereocenters. The first-order valence-corrected chi connectivity index (χ1v) is 8.03. The first-order chi connectivity index (χ1) is 10.7. The molecule has 22 heavy (non-hydrogen) atoms. The first kappa shape index (κ1) is 15.5. The molecule has 3 rings (SSSR count). The number of nitrogens with one attached hydrogen (secondary N) is 1. The molecule has 0 spiro atoms. The minimum Gasteiger partial charge on any atom is -0.371 e. The summed E-state index contributed by atoms with van der Waals surface area (Å²) in [5, 5.41) is 7.96. The Morgan fingerprint density at radius 3 is 3.09 bits per heavy atom. The number of H-pyrrole nitrogens is 1. The van der Waals surface area contributed by atoms with Gasteiger partial charge in [-0.05, 0) is 38.4 Å². The monoisotopic (exact) mass is 320 g/mol. The lowest BCUT2D eigenvalue weighted by Gasteiger charge is -2.32. The van der Waals surface area contributed by atoms with E-state index < -0.39 is 0 Å². The zero-order chi connectivity index (χ0) is 15.4. The summed E-state index contributed by atoms with van der Waals surface area (Å²) < 4.78 is 6.01. The van der Waals surface area contributed by atoms with E-state index in [1.165, 1.54) is 0 Å². The molecule has 1 saturated heterocycles. The Labute approximate surface area is 135 Å². The van der Waals surface area contributed by atoms with Crippen molar-refractivity contribution < 1.29 is 4.74 Å². The molecule has 0 amide bonds. The van der Waals surface area contributed by atoms with Crippen molar-refractivity contribution in [3.05, 3.63) is 46.5 Å². The van der Waals surface area contributed by atoms with Crippen LogP contribution in [0.15, 0.2) is 24.4 Å². The highest BCUT2D eigenvalue weighted by molar-refractivity contribution is 6.31. The highest BCUT2D eigenvalue weighted by Crippen LogP contribution is 2.21. The van der Waals surface area contributed by atoms with Crippen LogP contribution in [-0.2, 0) is 17.9 Å². The van der Waals surface area contributed by atoms with E-state index in [-0.39, 0.29) is 6.10 Å². The highest BCUT2D eigenvalue weighted by atomic mass is 35.5. The van der Waals surface area contributed by atoms with Gasteiger partial charge in [-0.1, -0.05) is 17.7 Å². The Balaban J connectivity index is 1.52. The number of aryl methyl sites for hydroxylation is 1. The van der Waals surface area contributed by atoms with Gasteiger partial charge < -0.3 is 4.74 Å². The van der Waals surface area contributed by atoms with Crippen LogP contribution in [0.5, 0.6) is 0 Å². The number of ether oxygens (including phenoxy) is 1. The molecule has 118 valence electrons. The smallest absolute Gasteiger partial charge is 0.0951 e. The van der Waals surface area contributed by atoms with E-state index in [0.717, 1.165) is 54.6 Å². The second kappa shape index (κ2) is 7.22. The van der Waals surface area contributed by atoms with Crippen LogP contribution in [0.4, 0.5) is 0 Å². The summed E-state index contributed by atoms with van der Waals surface area (Å²) >= 11 is 6.25. The maximum absolute atomic E-state index is 6.25. The molecule has 1 N–H and O–H groups in total. The number of piperidine rings is 1. The van der Waals surface area contributed by atoms with Crippen molar-refractivity contribution in [3.8, 4) is 0 Å². The second-order valence-electron chi connectivity index (χ2n) is 5.74. The Bertz CT molecular complexity index is 601. The van der Waals surface area contributed by atoms with E-state index in [0.29, 0.717) is 6.61 Å². The molecule has 6 heteroatoms. The molecule has 0 saturated carbocycles. The van der Waals surface area contributed by atoms with Gasteiger partial charge in [0.05, 0.1) is 34.8 Å². The standard InChI is InChI=1S/C16H21ClN4O/c1-12-16(17)15(20-19-12)10-21-8-4-6-14(9-21)22-11-13-5-2-3-7-18-13/h2-3,5,7,14H,4,6,8-11H2,1H3,(H,19,20). The first-order valence-electron chi connectivity index (χ1n) is 7.65. The second-order valence-corrected chi connectivity index (χ2v) is 6.12. The van der Waals surface area contributed by atoms with Gasteiger partial charge in [-0.3, -0.25) is 15.0 Å². The van der Waals surface area contributed by atoms with E-state index >= 15 is 0 Å². The molecule has 0 bridgehead atoms. The van der Waals surface area contributed by atoms with Gasteiger partial charge in [0.15, 0.2) is 0 Å². The van der Waals surface area contributed by atoms with Crippen LogP contribution in [0.25, 0.3) is 0 Å². The largest absolute Gasteiger partial charge is 0.371 e. The number of pyridine rings is 1. The lowest BCUT2D eigenvalue weighted by Crippen LogP contribution is -2.39. The number of rotatable bonds is 5. The summed E-state index contributed by atoms with van der Waals surface area (Å²) in [4.78, 5) is 6.65. The van der Waals surface area contributed by atoms with Crippen LogP contribution >= 0.6 is 11.6 Å². The van der Waals surface area contributed by atoms with Gasteiger partial charge in [0.2, 0.25) is 0 Å². The maximum Gasteiger partial charge on any atom is 0.0951 e. The van der Waals surface area contributed by atoms with Crippen LogP contribution in [0, 0.1) is 6.92 Å². The number of halogens is 1. The lowest BCUT2D eigenvalue weighted by molar-refractivity contribution is -0.0135. The van der Waals surface area contributed by atoms with Crippen LogP contribution in [-0.4, -0.2) is 39.3 Å². The van der Waals surface area contributed by atoms with E-state index in [1.54, 1.807) is 6.20 Å². The number of nitrogens with zero attached hydrogens (tertiary/aromatic N) is 3. The number of hydrogen-bond donors (Lipinski definition) is 1. The Morgan fingerprint density at radius 2 is 2.36 bits per heavy atom. The molecule has 2 aromatic heterocycles. The SMILES string of the molecule is Cc1[nH]nc(CN2CCCC(OCc3ccccn3)C2)c1Cl. The molecule has 2 aromatic rings. The summed E-state index contributed by atoms with van der Waals surface area (Å²) in [6.45, 7) is 5.25. The van der Waals surface area contributed by atoms with Crippen molar-refractivity contribution in [2.45, 2.75) is 39.0 Å². The topological polar surface area (TPSA) is 54.0 Å². The number of aromatic amines is 1. The number of hydrogen-bond acceptors (Lipinski definition) is 4. The summed E-state index contributed by atoms with van der Waals surface area (Å²) in [5.41, 5.74) is 2.83. The molecule has 0 aromatic carbocycles. The van der Waals surface area contributed by atoms with Gasteiger partial charge in [-0.2, -0.15) is 5.10 Å². The zero-order valence-electron chi connectivity index (χ0n) is 12.8. The Hall–Kier alpha value is -1.43. The number of likely N-dealkylation sites (tertiary alicyclic amines) is 1. The van der Waals surface area contributed by atoms with E-state index in [4.69, 9.17) is 16.3 Å². The van der Waals surface area contributed by atoms with Gasteiger partial charge in [-0.25, -0.2) is 0 Å². The molecule has 1 unspecified atom stereocenters. The van der Waals surface area contributed by atoms with Gasteiger partial charge in [-0.15, -0.1) is 0 Å². The summed E-state index contributed by atoms with van der Waals surface area (Å²) in [7, 11) is 0. The van der Waals surface area contributed by atoms with Crippen molar-refractivity contribution in [2.24, 2.45) is 0 Å². The lowest BCUT2D eigenvalue weighted by atomic mass is 10.1. The van der Waals surface area contributed by atoms with Crippen LogP contribution in [0.3, 0.4) is 0 Å². The van der Waals surface area contributed by atoms with E-state index in [1.807, 2.05) is 25.1 Å². The molecule has 1 fully saturated rings. The van der Waals surface area contributed by atoms with Crippen LogP contribution in [0.2, 0.25) is 5.02 Å². The number of aromatic nitrogens is 3. The normalized spacial score (nSPS) is 19.5. The Morgan fingerprint density at radius 1 is 1.45 bits per heavy atom. The van der Waals surface area contributed by atoms with Crippen molar-refractivity contribution in [2.75, 3.05) is 13.1 Å². The predicted molar refractivity (Wildman–Crippen MR) is 85.7 cm³/mol. The van der Waals surface area contributed by atoms with Crippen molar-refractivity contribution in [3.63, 3.8) is 0 Å². The minimum atomic E-state index is 0.245. The van der Waals surface area contributed by atoms with E-state index in [9.17, 15) is 0 Å².